The van der Waals surface area contributed by atoms with Crippen molar-refractivity contribution in [2.45, 2.75) is 20.0 Å². The summed E-state index contributed by atoms with van der Waals surface area (Å²) in [5, 5.41) is 7.59. The molecule has 0 aliphatic rings. The van der Waals surface area contributed by atoms with Crippen molar-refractivity contribution >= 4 is 22.6 Å². The first-order valence-corrected chi connectivity index (χ1v) is 8.40. The molecule has 0 aliphatic carbocycles. The highest BCUT2D eigenvalue weighted by atomic mass is 19.4. The maximum absolute atomic E-state index is 12.6. The molecule has 0 fully saturated rings. The van der Waals surface area contributed by atoms with Gasteiger partial charge in [-0.2, -0.15) is 13.2 Å². The van der Waals surface area contributed by atoms with Crippen molar-refractivity contribution in [2.75, 3.05) is 5.32 Å². The first-order valence-electron chi connectivity index (χ1n) is 8.40. The van der Waals surface area contributed by atoms with Crippen molar-refractivity contribution in [1.82, 2.24) is 19.6 Å². The number of hydrogen-bond donors (Lipinski definition) is 1. The number of hydrogen-bond acceptors (Lipinski definition) is 4. The minimum absolute atomic E-state index is 0.297. The van der Waals surface area contributed by atoms with E-state index in [2.05, 4.69) is 27.0 Å². The highest BCUT2D eigenvalue weighted by Gasteiger charge is 2.29. The van der Waals surface area contributed by atoms with Crippen LogP contribution in [0.2, 0.25) is 0 Å². The Kier molecular flexibility index (Phi) is 5.30. The number of nitrogens with one attached hydrogen (secondary N) is 1. The van der Waals surface area contributed by atoms with Gasteiger partial charge in [-0.1, -0.05) is 24.8 Å². The number of anilines is 2. The van der Waals surface area contributed by atoms with Crippen molar-refractivity contribution in [2.24, 2.45) is 0 Å². The Labute approximate surface area is 159 Å². The number of nitrogens with zero attached hydrogens (tertiary/aromatic N) is 4. The highest BCUT2D eigenvalue weighted by molar-refractivity contribution is 5.76. The van der Waals surface area contributed by atoms with Crippen LogP contribution in [-0.4, -0.2) is 25.8 Å². The first kappa shape index (κ1) is 19.3. The smallest absolute Gasteiger partial charge is 0.338 e. The Bertz CT molecular complexity index is 1080. The van der Waals surface area contributed by atoms with Crippen LogP contribution in [0, 0.1) is 6.92 Å². The molecule has 0 saturated carbocycles. The molecule has 0 bridgehead atoms. The molecule has 3 heterocycles. The third kappa shape index (κ3) is 4.46. The summed E-state index contributed by atoms with van der Waals surface area (Å²) in [4.78, 5) is 8.65. The fourth-order valence-electron chi connectivity index (χ4n) is 2.40. The quantitative estimate of drug-likeness (QED) is 0.609. The largest absolute Gasteiger partial charge is 0.412 e. The minimum Gasteiger partial charge on any atom is -0.338 e. The average molecular weight is 385 g/mol. The molecule has 8 heteroatoms. The van der Waals surface area contributed by atoms with Crippen LogP contribution in [0.1, 0.15) is 18.4 Å². The summed E-state index contributed by atoms with van der Waals surface area (Å²) >= 11 is 0. The Morgan fingerprint density at radius 2 is 2.07 bits per heavy atom. The summed E-state index contributed by atoms with van der Waals surface area (Å²) in [7, 11) is 0. The lowest BCUT2D eigenvalue weighted by molar-refractivity contribution is -0.0912. The molecule has 1 N–H and O–H groups in total. The van der Waals surface area contributed by atoms with Gasteiger partial charge >= 0.3 is 6.18 Å². The van der Waals surface area contributed by atoms with Crippen molar-refractivity contribution < 1.29 is 13.2 Å². The van der Waals surface area contributed by atoms with Crippen LogP contribution < -0.4 is 5.32 Å². The molecule has 0 atom stereocenters. The van der Waals surface area contributed by atoms with E-state index in [4.69, 9.17) is 0 Å². The summed E-state index contributed by atoms with van der Waals surface area (Å²) in [5.74, 6) is 0.850. The molecule has 3 aromatic rings. The molecule has 0 spiro atoms. The van der Waals surface area contributed by atoms with E-state index >= 15 is 0 Å². The van der Waals surface area contributed by atoms with Gasteiger partial charge in [-0.25, -0.2) is 9.50 Å². The highest BCUT2D eigenvalue weighted by Crippen LogP contribution is 2.25. The number of halogens is 3. The number of aryl methyl sites for hydroxylation is 1. The van der Waals surface area contributed by atoms with Crippen LogP contribution in [0.4, 0.5) is 24.7 Å². The van der Waals surface area contributed by atoms with Gasteiger partial charge in [0.2, 0.25) is 0 Å². The summed E-state index contributed by atoms with van der Waals surface area (Å²) in [5.41, 5.74) is 2.10. The van der Waals surface area contributed by atoms with E-state index in [1.165, 1.54) is 12.2 Å². The number of fused-ring (bicyclic) bond motifs is 1. The van der Waals surface area contributed by atoms with Gasteiger partial charge in [0.05, 0.1) is 0 Å². The summed E-state index contributed by atoms with van der Waals surface area (Å²) in [6.45, 7) is 6.75. The lowest BCUT2D eigenvalue weighted by Gasteiger charge is -2.10. The van der Waals surface area contributed by atoms with Gasteiger partial charge in [-0.05, 0) is 38.1 Å². The van der Waals surface area contributed by atoms with E-state index in [-0.39, 0.29) is 0 Å². The number of alkyl halides is 3. The van der Waals surface area contributed by atoms with Crippen LogP contribution >= 0.6 is 0 Å². The van der Waals surface area contributed by atoms with Gasteiger partial charge in [-0.15, -0.1) is 5.10 Å². The molecule has 0 aliphatic heterocycles. The SMILES string of the molecule is C=C(/C=C\C=C(/C)C(F)(F)F)c1nc(Nc2ccnc(C)c2)c2cccn2n1. The zero-order chi connectivity index (χ0) is 20.3. The summed E-state index contributed by atoms with van der Waals surface area (Å²) in [6, 6.07) is 7.37. The monoisotopic (exact) mass is 385 g/mol. The molecule has 0 amide bonds. The van der Waals surface area contributed by atoms with Crippen LogP contribution in [-0.2, 0) is 0 Å². The minimum atomic E-state index is -4.36. The van der Waals surface area contributed by atoms with Gasteiger partial charge in [-0.3, -0.25) is 4.98 Å². The summed E-state index contributed by atoms with van der Waals surface area (Å²) < 4.78 is 39.3. The predicted octanol–water partition coefficient (Wildman–Crippen LogP) is 5.25. The number of allylic oxidation sites excluding steroid dienone is 5. The molecule has 5 nitrogen and oxygen atoms in total. The van der Waals surface area contributed by atoms with Gasteiger partial charge in [0.25, 0.3) is 0 Å². The topological polar surface area (TPSA) is 55.1 Å². The van der Waals surface area contributed by atoms with E-state index in [1.807, 2.05) is 31.2 Å². The summed E-state index contributed by atoms with van der Waals surface area (Å²) in [6.07, 6.45) is 2.80. The second-order valence-electron chi connectivity index (χ2n) is 6.16. The van der Waals surface area contributed by atoms with Crippen LogP contribution in [0.25, 0.3) is 11.1 Å². The lowest BCUT2D eigenvalue weighted by atomic mass is 10.2. The molecule has 0 saturated heterocycles. The standard InChI is InChI=1S/C20H18F3N5/c1-13(6-4-7-14(2)20(21,22)23)18-26-19(17-8-5-11-28(17)27-18)25-16-9-10-24-15(3)12-16/h4-12H,1H2,2-3H3,(H,24,25,26,27)/b6-4-,14-7+. The fourth-order valence-corrected chi connectivity index (χ4v) is 2.40. The van der Waals surface area contributed by atoms with Gasteiger partial charge in [0.1, 0.15) is 5.52 Å². The fraction of sp³-hybridized carbons (Fsp3) is 0.150. The number of rotatable bonds is 5. The molecule has 0 unspecified atom stereocenters. The lowest BCUT2D eigenvalue weighted by Crippen LogP contribution is -2.08. The Morgan fingerprint density at radius 1 is 1.29 bits per heavy atom. The molecule has 3 aromatic heterocycles. The molecular weight excluding hydrogens is 367 g/mol. The number of pyridine rings is 1. The predicted molar refractivity (Wildman–Crippen MR) is 103 cm³/mol. The van der Waals surface area contributed by atoms with E-state index < -0.39 is 11.7 Å². The zero-order valence-electron chi connectivity index (χ0n) is 15.3. The van der Waals surface area contributed by atoms with Gasteiger partial charge < -0.3 is 5.32 Å². The first-order chi connectivity index (χ1) is 13.2. The number of aromatic nitrogens is 4. The Morgan fingerprint density at radius 3 is 2.79 bits per heavy atom. The van der Waals surface area contributed by atoms with E-state index in [0.717, 1.165) is 29.9 Å². The van der Waals surface area contributed by atoms with Crippen LogP contribution in [0.5, 0.6) is 0 Å². The molecule has 0 radical (unpaired) electrons. The van der Waals surface area contributed by atoms with Crippen LogP contribution in [0.3, 0.4) is 0 Å². The third-order valence-corrected chi connectivity index (χ3v) is 3.93. The van der Waals surface area contributed by atoms with Crippen LogP contribution in [0.15, 0.2) is 67.0 Å². The molecule has 3 rings (SSSR count). The molecule has 0 aromatic carbocycles. The Balaban J connectivity index is 1.91. The zero-order valence-corrected chi connectivity index (χ0v) is 15.3. The van der Waals surface area contributed by atoms with Crippen molar-refractivity contribution in [3.63, 3.8) is 0 Å². The van der Waals surface area contributed by atoms with Gasteiger partial charge in [0, 0.05) is 34.9 Å². The second-order valence-corrected chi connectivity index (χ2v) is 6.16. The molecular formula is C20H18F3N5. The maximum Gasteiger partial charge on any atom is 0.412 e. The second kappa shape index (κ2) is 7.67. The van der Waals surface area contributed by atoms with E-state index in [9.17, 15) is 13.2 Å². The normalized spacial score (nSPS) is 12.7. The van der Waals surface area contributed by atoms with Crippen molar-refractivity contribution in [1.29, 1.82) is 0 Å². The Hall–Kier alpha value is -3.42. The molecule has 28 heavy (non-hydrogen) atoms. The van der Waals surface area contributed by atoms with Crippen molar-refractivity contribution in [3.05, 3.63) is 78.6 Å². The van der Waals surface area contributed by atoms with Gasteiger partial charge in [0.15, 0.2) is 11.6 Å². The third-order valence-electron chi connectivity index (χ3n) is 3.93. The van der Waals surface area contributed by atoms with E-state index in [1.54, 1.807) is 16.9 Å². The van der Waals surface area contributed by atoms with E-state index in [0.29, 0.717) is 17.2 Å². The maximum atomic E-state index is 12.6. The molecule has 144 valence electrons. The van der Waals surface area contributed by atoms with Crippen molar-refractivity contribution in [3.8, 4) is 0 Å². The average Bonchev–Trinajstić information content (AvgIpc) is 3.09.